The predicted molar refractivity (Wildman–Crippen MR) is 103 cm³/mol. The van der Waals surface area contributed by atoms with E-state index < -0.39 is 0 Å². The van der Waals surface area contributed by atoms with Crippen LogP contribution in [0.3, 0.4) is 0 Å². The Morgan fingerprint density at radius 2 is 2.22 bits per heavy atom. The first kappa shape index (κ1) is 20.9. The quantitative estimate of drug-likeness (QED) is 0.317. The topological polar surface area (TPSA) is 75.1 Å². The first-order valence-electron chi connectivity index (χ1n) is 8.61. The lowest BCUT2D eigenvalue weighted by Crippen LogP contribution is -2.44. The molecule has 0 aromatic heterocycles. The molecule has 1 saturated carbocycles. The number of halogens is 1. The van der Waals surface area contributed by atoms with Gasteiger partial charge in [0.25, 0.3) is 0 Å². The molecule has 7 heteroatoms. The number of nitrogens with one attached hydrogen (secondary N) is 2. The maximum absolute atomic E-state index is 9.88. The first-order valence-corrected chi connectivity index (χ1v) is 8.61. The zero-order valence-electron chi connectivity index (χ0n) is 14.3. The minimum Gasteiger partial charge on any atom is -0.393 e. The van der Waals surface area contributed by atoms with Crippen molar-refractivity contribution in [3.63, 3.8) is 0 Å². The predicted octanol–water partition coefficient (Wildman–Crippen LogP) is 1.51. The Bertz CT molecular complexity index is 351. The van der Waals surface area contributed by atoms with Gasteiger partial charge in [-0.3, -0.25) is 4.99 Å². The number of ether oxygens (including phenoxy) is 2. The molecule has 0 radical (unpaired) electrons. The third-order valence-corrected chi connectivity index (χ3v) is 4.30. The summed E-state index contributed by atoms with van der Waals surface area (Å²) in [6.45, 7) is 7.81. The number of aliphatic imine (C=N–C) groups is 1. The largest absolute Gasteiger partial charge is 0.393 e. The summed E-state index contributed by atoms with van der Waals surface area (Å²) in [5.41, 5.74) is 0. The van der Waals surface area contributed by atoms with Gasteiger partial charge in [-0.1, -0.05) is 6.42 Å². The van der Waals surface area contributed by atoms with Crippen molar-refractivity contribution in [3.05, 3.63) is 0 Å². The van der Waals surface area contributed by atoms with E-state index in [0.717, 1.165) is 44.8 Å². The summed E-state index contributed by atoms with van der Waals surface area (Å²) >= 11 is 0. The number of aliphatic hydroxyl groups is 1. The number of guanidine groups is 1. The monoisotopic (exact) mass is 441 g/mol. The van der Waals surface area contributed by atoms with Crippen molar-refractivity contribution in [2.24, 2.45) is 10.9 Å². The van der Waals surface area contributed by atoms with Crippen molar-refractivity contribution < 1.29 is 14.6 Å². The highest BCUT2D eigenvalue weighted by molar-refractivity contribution is 14.0. The lowest BCUT2D eigenvalue weighted by atomic mass is 10.1. The molecule has 1 heterocycles. The third-order valence-electron chi connectivity index (χ3n) is 4.30. The zero-order valence-corrected chi connectivity index (χ0v) is 16.6. The Morgan fingerprint density at radius 3 is 2.83 bits per heavy atom. The Labute approximate surface area is 156 Å². The fraction of sp³-hybridized carbons (Fsp3) is 0.938. The van der Waals surface area contributed by atoms with E-state index in [1.165, 1.54) is 0 Å². The van der Waals surface area contributed by atoms with E-state index in [4.69, 9.17) is 9.47 Å². The Morgan fingerprint density at radius 1 is 1.39 bits per heavy atom. The van der Waals surface area contributed by atoms with Crippen LogP contribution in [0, 0.1) is 5.92 Å². The highest BCUT2D eigenvalue weighted by Gasteiger charge is 2.25. The highest BCUT2D eigenvalue weighted by atomic mass is 127. The van der Waals surface area contributed by atoms with Crippen LogP contribution in [0.25, 0.3) is 0 Å². The molecule has 2 aliphatic rings. The molecule has 136 valence electrons. The Hall–Kier alpha value is -0.120. The molecule has 3 N–H and O–H groups in total. The number of aliphatic hydroxyl groups excluding tert-OH is 1. The zero-order chi connectivity index (χ0) is 15.8. The van der Waals surface area contributed by atoms with Crippen LogP contribution in [-0.4, -0.2) is 62.2 Å². The van der Waals surface area contributed by atoms with E-state index in [9.17, 15) is 5.11 Å². The number of nitrogens with zero attached hydrogens (tertiary/aromatic N) is 1. The number of rotatable bonds is 7. The van der Waals surface area contributed by atoms with Crippen LogP contribution in [0.2, 0.25) is 0 Å². The second-order valence-electron chi connectivity index (χ2n) is 6.34. The lowest BCUT2D eigenvalue weighted by molar-refractivity contribution is 0.0347. The van der Waals surface area contributed by atoms with Crippen molar-refractivity contribution in [2.45, 2.75) is 57.8 Å². The van der Waals surface area contributed by atoms with Crippen molar-refractivity contribution in [3.8, 4) is 0 Å². The fourth-order valence-electron chi connectivity index (χ4n) is 2.96. The molecule has 1 saturated heterocycles. The maximum Gasteiger partial charge on any atom is 0.191 e. The second kappa shape index (κ2) is 11.4. The summed E-state index contributed by atoms with van der Waals surface area (Å²) in [5, 5.41) is 16.5. The van der Waals surface area contributed by atoms with Crippen LogP contribution in [-0.2, 0) is 9.47 Å². The van der Waals surface area contributed by atoms with Crippen LogP contribution < -0.4 is 10.6 Å². The van der Waals surface area contributed by atoms with Crippen molar-refractivity contribution in [1.29, 1.82) is 0 Å². The van der Waals surface area contributed by atoms with E-state index in [0.29, 0.717) is 25.7 Å². The standard InChI is InChI=1S/C16H31N3O3.HI/c1-3-17-16(18-9-13-5-4-6-15(13)20)19-12(2)10-22-14-7-8-21-11-14;/h12-15,20H,3-11H2,1-2H3,(H2,17,18,19);1H. The van der Waals surface area contributed by atoms with Crippen LogP contribution >= 0.6 is 24.0 Å². The Balaban J connectivity index is 0.00000264. The first-order chi connectivity index (χ1) is 10.7. The number of hydrogen-bond donors (Lipinski definition) is 3. The SMILES string of the molecule is CCNC(=NCC1CCCC1O)NC(C)COC1CCOC1.I. The molecule has 1 aliphatic heterocycles. The van der Waals surface area contributed by atoms with Gasteiger partial charge in [0.05, 0.1) is 25.4 Å². The van der Waals surface area contributed by atoms with Crippen molar-refractivity contribution in [1.82, 2.24) is 10.6 Å². The molecule has 4 unspecified atom stereocenters. The van der Waals surface area contributed by atoms with Gasteiger partial charge in [-0.05, 0) is 33.1 Å². The molecular formula is C16H32IN3O3. The minimum atomic E-state index is -0.185. The number of hydrogen-bond acceptors (Lipinski definition) is 4. The molecule has 0 bridgehead atoms. The average molecular weight is 441 g/mol. The molecular weight excluding hydrogens is 409 g/mol. The minimum absolute atomic E-state index is 0. The molecule has 0 aromatic rings. The van der Waals surface area contributed by atoms with E-state index >= 15 is 0 Å². The van der Waals surface area contributed by atoms with E-state index in [1.807, 2.05) is 0 Å². The van der Waals surface area contributed by atoms with Gasteiger partial charge >= 0.3 is 0 Å². The summed E-state index contributed by atoms with van der Waals surface area (Å²) in [4.78, 5) is 4.62. The van der Waals surface area contributed by atoms with Crippen LogP contribution in [0.4, 0.5) is 0 Å². The van der Waals surface area contributed by atoms with Crippen molar-refractivity contribution in [2.75, 3.05) is 32.9 Å². The summed E-state index contributed by atoms with van der Waals surface area (Å²) in [6.07, 6.45) is 4.13. The van der Waals surface area contributed by atoms with Gasteiger partial charge in [0, 0.05) is 31.7 Å². The molecule has 2 rings (SSSR count). The van der Waals surface area contributed by atoms with Gasteiger partial charge in [-0.25, -0.2) is 0 Å². The Kier molecular flexibility index (Phi) is 10.4. The van der Waals surface area contributed by atoms with Crippen LogP contribution in [0.15, 0.2) is 4.99 Å². The van der Waals surface area contributed by atoms with E-state index in [2.05, 4.69) is 29.5 Å². The molecule has 0 spiro atoms. The molecule has 6 nitrogen and oxygen atoms in total. The van der Waals surface area contributed by atoms with Gasteiger partial charge < -0.3 is 25.2 Å². The normalized spacial score (nSPS) is 29.2. The summed E-state index contributed by atoms with van der Waals surface area (Å²) in [7, 11) is 0. The molecule has 4 atom stereocenters. The van der Waals surface area contributed by atoms with Gasteiger partial charge in [-0.2, -0.15) is 0 Å². The van der Waals surface area contributed by atoms with Gasteiger partial charge in [0.2, 0.25) is 0 Å². The average Bonchev–Trinajstić information content (AvgIpc) is 3.14. The van der Waals surface area contributed by atoms with Gasteiger partial charge in [-0.15, -0.1) is 24.0 Å². The van der Waals surface area contributed by atoms with E-state index in [-0.39, 0.29) is 42.2 Å². The van der Waals surface area contributed by atoms with Crippen LogP contribution in [0.1, 0.15) is 39.5 Å². The molecule has 23 heavy (non-hydrogen) atoms. The third kappa shape index (κ3) is 7.53. The summed E-state index contributed by atoms with van der Waals surface area (Å²) in [5.74, 6) is 1.11. The smallest absolute Gasteiger partial charge is 0.191 e. The van der Waals surface area contributed by atoms with Crippen LogP contribution in [0.5, 0.6) is 0 Å². The maximum atomic E-state index is 9.88. The molecule has 0 aromatic carbocycles. The summed E-state index contributed by atoms with van der Waals surface area (Å²) in [6, 6.07) is 0.187. The van der Waals surface area contributed by atoms with Gasteiger partial charge in [0.15, 0.2) is 5.96 Å². The molecule has 2 fully saturated rings. The lowest BCUT2D eigenvalue weighted by Gasteiger charge is -2.20. The molecule has 1 aliphatic carbocycles. The second-order valence-corrected chi connectivity index (χ2v) is 6.34. The van der Waals surface area contributed by atoms with Crippen molar-refractivity contribution >= 4 is 29.9 Å². The fourth-order valence-corrected chi connectivity index (χ4v) is 2.96. The highest BCUT2D eigenvalue weighted by Crippen LogP contribution is 2.25. The van der Waals surface area contributed by atoms with Gasteiger partial charge in [0.1, 0.15) is 0 Å². The molecule has 0 amide bonds. The van der Waals surface area contributed by atoms with E-state index in [1.54, 1.807) is 0 Å². The summed E-state index contributed by atoms with van der Waals surface area (Å²) < 4.78 is 11.1.